The second kappa shape index (κ2) is 4.29. The van der Waals surface area contributed by atoms with E-state index in [-0.39, 0.29) is 11.0 Å². The molecule has 0 amide bonds. The summed E-state index contributed by atoms with van der Waals surface area (Å²) in [6, 6.07) is 0. The molecule has 1 aliphatic rings. The van der Waals surface area contributed by atoms with Gasteiger partial charge in [0.1, 0.15) is 6.54 Å². The van der Waals surface area contributed by atoms with Gasteiger partial charge >= 0.3 is 6.18 Å². The van der Waals surface area contributed by atoms with Gasteiger partial charge in [0.05, 0.1) is 10.6 Å². The van der Waals surface area contributed by atoms with Crippen molar-refractivity contribution in [1.82, 2.24) is 4.98 Å². The minimum Gasteiger partial charge on any atom is -0.342 e. The summed E-state index contributed by atoms with van der Waals surface area (Å²) in [5, 5.41) is 0.256. The normalized spacial score (nSPS) is 16.0. The van der Waals surface area contributed by atoms with E-state index in [0.29, 0.717) is 16.9 Å². The molecule has 3 nitrogen and oxygen atoms in total. The van der Waals surface area contributed by atoms with Crippen molar-refractivity contribution in [3.8, 4) is 0 Å². The number of anilines is 1. The average Bonchev–Trinajstić information content (AvgIpc) is 2.95. The zero-order valence-electron chi connectivity index (χ0n) is 9.12. The van der Waals surface area contributed by atoms with Gasteiger partial charge in [0.2, 0.25) is 0 Å². The molecule has 1 aromatic rings. The van der Waals surface area contributed by atoms with Crippen LogP contribution in [0.4, 0.5) is 18.3 Å². The van der Waals surface area contributed by atoms with Crippen LogP contribution in [0.25, 0.3) is 0 Å². The zero-order chi connectivity index (χ0) is 12.6. The van der Waals surface area contributed by atoms with E-state index in [1.54, 1.807) is 0 Å². The third kappa shape index (κ3) is 2.96. The topological polar surface area (TPSA) is 33.2 Å². The highest BCUT2D eigenvalue weighted by atomic mass is 32.1. The summed E-state index contributed by atoms with van der Waals surface area (Å²) < 4.78 is 36.7. The second-order valence-electron chi connectivity index (χ2n) is 4.11. The minimum atomic E-state index is -4.26. The van der Waals surface area contributed by atoms with Crippen LogP contribution in [-0.4, -0.2) is 31.0 Å². The fourth-order valence-electron chi connectivity index (χ4n) is 1.57. The van der Waals surface area contributed by atoms with Gasteiger partial charge in [-0.25, -0.2) is 4.98 Å². The molecular formula is C10H11F3N2OS. The molecular weight excluding hydrogens is 253 g/mol. The summed E-state index contributed by atoms with van der Waals surface area (Å²) in [6.45, 7) is -1.05. The molecule has 0 unspecified atom stereocenters. The van der Waals surface area contributed by atoms with E-state index in [4.69, 9.17) is 0 Å². The molecule has 1 saturated carbocycles. The number of aromatic nitrogens is 1. The highest BCUT2D eigenvalue weighted by Gasteiger charge is 2.33. The van der Waals surface area contributed by atoms with E-state index in [1.807, 2.05) is 0 Å². The number of alkyl halides is 3. The molecule has 0 atom stereocenters. The Bertz CT molecular complexity index is 426. The van der Waals surface area contributed by atoms with Crippen LogP contribution in [0.15, 0.2) is 0 Å². The van der Waals surface area contributed by atoms with Gasteiger partial charge in [0, 0.05) is 13.0 Å². The van der Waals surface area contributed by atoms with Gasteiger partial charge in [0.15, 0.2) is 11.4 Å². The molecule has 0 radical (unpaired) electrons. The second-order valence-corrected chi connectivity index (χ2v) is 5.12. The summed E-state index contributed by atoms with van der Waals surface area (Å²) in [5.41, 5.74) is 0.661. The minimum absolute atomic E-state index is 0.256. The van der Waals surface area contributed by atoms with Crippen LogP contribution >= 0.6 is 11.3 Å². The molecule has 0 aromatic carbocycles. The van der Waals surface area contributed by atoms with E-state index in [2.05, 4.69) is 4.98 Å². The van der Waals surface area contributed by atoms with Gasteiger partial charge in [-0.1, -0.05) is 11.3 Å². The maximum Gasteiger partial charge on any atom is 0.405 e. The smallest absolute Gasteiger partial charge is 0.342 e. The lowest BCUT2D eigenvalue weighted by Crippen LogP contribution is -2.30. The van der Waals surface area contributed by atoms with Crippen molar-refractivity contribution < 1.29 is 18.0 Å². The summed E-state index contributed by atoms with van der Waals surface area (Å²) >= 11 is 1.02. The zero-order valence-corrected chi connectivity index (χ0v) is 9.94. The fraction of sp³-hybridized carbons (Fsp3) is 0.600. The molecule has 1 fully saturated rings. The molecule has 17 heavy (non-hydrogen) atoms. The Labute approximate surface area is 100 Å². The summed E-state index contributed by atoms with van der Waals surface area (Å²) in [4.78, 5) is 16.4. The van der Waals surface area contributed by atoms with Crippen molar-refractivity contribution >= 4 is 22.8 Å². The highest BCUT2D eigenvalue weighted by molar-refractivity contribution is 7.17. The van der Waals surface area contributed by atoms with Crippen molar-refractivity contribution in [3.63, 3.8) is 0 Å². The standard InChI is InChI=1S/C10H11F3N2OS/c1-15(5-10(11,12)13)9-14-8(6-2-3-6)7(4-16)17-9/h4,6H,2-3,5H2,1H3. The summed E-state index contributed by atoms with van der Waals surface area (Å²) in [5.74, 6) is 0.263. The number of rotatable bonds is 4. The number of hydrogen-bond donors (Lipinski definition) is 0. The monoisotopic (exact) mass is 264 g/mol. The van der Waals surface area contributed by atoms with Crippen molar-refractivity contribution in [2.45, 2.75) is 24.9 Å². The first-order valence-electron chi connectivity index (χ1n) is 5.14. The van der Waals surface area contributed by atoms with E-state index in [0.717, 1.165) is 29.1 Å². The third-order valence-corrected chi connectivity index (χ3v) is 3.59. The number of hydrogen-bond acceptors (Lipinski definition) is 4. The van der Waals surface area contributed by atoms with Gasteiger partial charge in [-0.05, 0) is 12.8 Å². The number of thiazole rings is 1. The van der Waals surface area contributed by atoms with Crippen LogP contribution in [0.5, 0.6) is 0 Å². The molecule has 0 saturated heterocycles. The molecule has 1 aliphatic carbocycles. The summed E-state index contributed by atoms with van der Waals surface area (Å²) in [7, 11) is 1.33. The van der Waals surface area contributed by atoms with Gasteiger partial charge in [-0.15, -0.1) is 0 Å². The maximum absolute atomic E-state index is 12.2. The quantitative estimate of drug-likeness (QED) is 0.784. The van der Waals surface area contributed by atoms with E-state index >= 15 is 0 Å². The molecule has 2 rings (SSSR count). The lowest BCUT2D eigenvalue weighted by Gasteiger charge is -2.17. The van der Waals surface area contributed by atoms with Crippen LogP contribution in [0.3, 0.4) is 0 Å². The van der Waals surface area contributed by atoms with Gasteiger partial charge in [0.25, 0.3) is 0 Å². The maximum atomic E-state index is 12.2. The number of halogens is 3. The van der Waals surface area contributed by atoms with Gasteiger partial charge < -0.3 is 4.90 Å². The number of carbonyl (C=O) groups excluding carboxylic acids is 1. The Morgan fingerprint density at radius 3 is 2.65 bits per heavy atom. The lowest BCUT2D eigenvalue weighted by molar-refractivity contribution is -0.119. The van der Waals surface area contributed by atoms with Crippen LogP contribution in [0, 0.1) is 0 Å². The predicted molar refractivity (Wildman–Crippen MR) is 58.8 cm³/mol. The first-order valence-corrected chi connectivity index (χ1v) is 5.96. The van der Waals surface area contributed by atoms with Crippen molar-refractivity contribution in [2.75, 3.05) is 18.5 Å². The molecule has 0 aliphatic heterocycles. The molecule has 0 spiro atoms. The molecule has 1 heterocycles. The summed E-state index contributed by atoms with van der Waals surface area (Å²) in [6.07, 6.45) is -1.66. The van der Waals surface area contributed by atoms with Crippen molar-refractivity contribution in [2.24, 2.45) is 0 Å². The highest BCUT2D eigenvalue weighted by Crippen LogP contribution is 2.43. The van der Waals surface area contributed by atoms with E-state index in [1.165, 1.54) is 7.05 Å². The van der Waals surface area contributed by atoms with Crippen LogP contribution in [-0.2, 0) is 0 Å². The van der Waals surface area contributed by atoms with Crippen LogP contribution in [0.2, 0.25) is 0 Å². The first kappa shape index (κ1) is 12.3. The fourth-order valence-corrected chi connectivity index (χ4v) is 2.49. The van der Waals surface area contributed by atoms with Gasteiger partial charge in [-0.2, -0.15) is 13.2 Å². The average molecular weight is 264 g/mol. The number of aldehydes is 1. The van der Waals surface area contributed by atoms with Crippen molar-refractivity contribution in [3.05, 3.63) is 10.6 Å². The Hall–Kier alpha value is -1.11. The van der Waals surface area contributed by atoms with Crippen LogP contribution < -0.4 is 4.90 Å². The van der Waals surface area contributed by atoms with Crippen molar-refractivity contribution in [1.29, 1.82) is 0 Å². The largest absolute Gasteiger partial charge is 0.405 e. The Morgan fingerprint density at radius 1 is 1.53 bits per heavy atom. The van der Waals surface area contributed by atoms with Gasteiger partial charge in [-0.3, -0.25) is 4.79 Å². The molecule has 0 bridgehead atoms. The van der Waals surface area contributed by atoms with Crippen LogP contribution in [0.1, 0.15) is 34.1 Å². The third-order valence-electron chi connectivity index (χ3n) is 2.48. The first-order chi connectivity index (χ1) is 7.90. The molecule has 94 valence electrons. The van der Waals surface area contributed by atoms with E-state index < -0.39 is 12.7 Å². The molecule has 0 N–H and O–H groups in total. The van der Waals surface area contributed by atoms with E-state index in [9.17, 15) is 18.0 Å². The Balaban J connectivity index is 2.18. The predicted octanol–water partition coefficient (Wildman–Crippen LogP) is 2.83. The molecule has 7 heteroatoms. The lowest BCUT2D eigenvalue weighted by atomic mass is 10.3. The molecule has 1 aromatic heterocycles. The Morgan fingerprint density at radius 2 is 2.18 bits per heavy atom. The number of nitrogens with zero attached hydrogens (tertiary/aromatic N) is 2. The SMILES string of the molecule is CN(CC(F)(F)F)c1nc(C2CC2)c(C=O)s1. The Kier molecular flexibility index (Phi) is 3.11. The number of carbonyl (C=O) groups is 1.